The lowest BCUT2D eigenvalue weighted by molar-refractivity contribution is -0.160. The molecule has 0 saturated heterocycles. The van der Waals surface area contributed by atoms with Crippen LogP contribution in [0.2, 0.25) is 0 Å². The van der Waals surface area contributed by atoms with Crippen LogP contribution < -0.4 is 5.73 Å². The van der Waals surface area contributed by atoms with Crippen LogP contribution in [0.15, 0.2) is 0 Å². The zero-order valence-corrected chi connectivity index (χ0v) is 9.69. The summed E-state index contributed by atoms with van der Waals surface area (Å²) >= 11 is 0. The van der Waals surface area contributed by atoms with Gasteiger partial charge in [0.15, 0.2) is 0 Å². The fourth-order valence-corrected chi connectivity index (χ4v) is 1.93. The maximum Gasteiger partial charge on any atom is 0.309 e. The van der Waals surface area contributed by atoms with Crippen molar-refractivity contribution in [2.75, 3.05) is 6.54 Å². The molecule has 0 amide bonds. The number of ether oxygens (including phenoxy) is 1. The molecule has 3 N–H and O–H groups in total. The molecule has 88 valence electrons. The largest absolute Gasteiger partial charge is 0.460 e. The van der Waals surface area contributed by atoms with Crippen molar-refractivity contribution in [1.29, 1.82) is 0 Å². The van der Waals surface area contributed by atoms with Gasteiger partial charge in [-0.2, -0.15) is 0 Å². The lowest BCUT2D eigenvalue weighted by Crippen LogP contribution is -2.28. The number of nitrogens with two attached hydrogens (primary N) is 1. The fraction of sp³-hybridized carbons (Fsp3) is 0.909. The van der Waals surface area contributed by atoms with Gasteiger partial charge >= 0.3 is 5.97 Å². The predicted molar refractivity (Wildman–Crippen MR) is 57.1 cm³/mol. The van der Waals surface area contributed by atoms with Gasteiger partial charge in [0.05, 0.1) is 12.0 Å². The number of hydrogen-bond acceptors (Lipinski definition) is 4. The van der Waals surface area contributed by atoms with Crippen molar-refractivity contribution in [3.05, 3.63) is 0 Å². The van der Waals surface area contributed by atoms with Crippen molar-refractivity contribution >= 4 is 5.97 Å². The third kappa shape index (κ3) is 3.47. The number of aliphatic hydroxyl groups excluding tert-OH is 1. The van der Waals surface area contributed by atoms with Crippen LogP contribution in [-0.2, 0) is 9.53 Å². The van der Waals surface area contributed by atoms with E-state index >= 15 is 0 Å². The molecule has 0 aromatic rings. The summed E-state index contributed by atoms with van der Waals surface area (Å²) in [6, 6.07) is 0. The Morgan fingerprint density at radius 1 is 1.47 bits per heavy atom. The third-order valence-corrected chi connectivity index (χ3v) is 2.70. The Kier molecular flexibility index (Phi) is 3.73. The molecule has 3 atom stereocenters. The van der Waals surface area contributed by atoms with E-state index < -0.39 is 11.7 Å². The van der Waals surface area contributed by atoms with Crippen molar-refractivity contribution in [1.82, 2.24) is 0 Å². The molecule has 4 heteroatoms. The van der Waals surface area contributed by atoms with Crippen molar-refractivity contribution in [2.24, 2.45) is 17.6 Å². The summed E-state index contributed by atoms with van der Waals surface area (Å²) in [5, 5.41) is 9.62. The first-order valence-corrected chi connectivity index (χ1v) is 5.44. The Balaban J connectivity index is 2.50. The Labute approximate surface area is 90.8 Å². The molecule has 0 aliphatic heterocycles. The fourth-order valence-electron chi connectivity index (χ4n) is 1.93. The second kappa shape index (κ2) is 4.49. The van der Waals surface area contributed by atoms with Crippen LogP contribution in [0.1, 0.15) is 33.6 Å². The number of hydrogen-bond donors (Lipinski definition) is 2. The molecule has 1 saturated carbocycles. The van der Waals surface area contributed by atoms with Crippen LogP contribution in [-0.4, -0.2) is 29.3 Å². The third-order valence-electron chi connectivity index (χ3n) is 2.70. The molecule has 0 aromatic heterocycles. The minimum absolute atomic E-state index is 0.0440. The lowest BCUT2D eigenvalue weighted by atomic mass is 10.0. The van der Waals surface area contributed by atoms with E-state index in [4.69, 9.17) is 10.5 Å². The predicted octanol–water partition coefficient (Wildman–Crippen LogP) is 0.674. The Morgan fingerprint density at radius 2 is 2.07 bits per heavy atom. The molecule has 0 spiro atoms. The molecule has 15 heavy (non-hydrogen) atoms. The van der Waals surface area contributed by atoms with E-state index in [-0.39, 0.29) is 17.8 Å². The van der Waals surface area contributed by atoms with Gasteiger partial charge in [-0.3, -0.25) is 4.79 Å². The standard InChI is InChI=1S/C11H21NO3/c1-11(2,3)15-10(14)7-4-8(6-12)9(13)5-7/h7-9,13H,4-6,12H2,1-3H3. The SMILES string of the molecule is CC(C)(C)OC(=O)C1CC(O)C(CN)C1. The zero-order chi connectivity index (χ0) is 11.6. The van der Waals surface area contributed by atoms with Gasteiger partial charge in [-0.25, -0.2) is 0 Å². The van der Waals surface area contributed by atoms with E-state index in [1.54, 1.807) is 0 Å². The highest BCUT2D eigenvalue weighted by atomic mass is 16.6. The summed E-state index contributed by atoms with van der Waals surface area (Å²) < 4.78 is 5.27. The van der Waals surface area contributed by atoms with Crippen LogP contribution in [0.25, 0.3) is 0 Å². The molecule has 1 fully saturated rings. The topological polar surface area (TPSA) is 72.5 Å². The molecule has 1 aliphatic carbocycles. The molecule has 4 nitrogen and oxygen atoms in total. The minimum Gasteiger partial charge on any atom is -0.460 e. The average molecular weight is 215 g/mol. The van der Waals surface area contributed by atoms with Gasteiger partial charge in [0.2, 0.25) is 0 Å². The maximum absolute atomic E-state index is 11.7. The van der Waals surface area contributed by atoms with Crippen LogP contribution in [0.5, 0.6) is 0 Å². The molecule has 0 bridgehead atoms. The highest BCUT2D eigenvalue weighted by Gasteiger charge is 2.38. The first-order valence-electron chi connectivity index (χ1n) is 5.44. The van der Waals surface area contributed by atoms with Crippen molar-refractivity contribution < 1.29 is 14.6 Å². The Bertz CT molecular complexity index is 234. The first-order chi connectivity index (χ1) is 6.83. The minimum atomic E-state index is -0.456. The van der Waals surface area contributed by atoms with Gasteiger partial charge in [0, 0.05) is 0 Å². The number of aliphatic hydroxyl groups is 1. The molecular weight excluding hydrogens is 194 g/mol. The highest BCUT2D eigenvalue weighted by molar-refractivity contribution is 5.73. The Hall–Kier alpha value is -0.610. The number of esters is 1. The Morgan fingerprint density at radius 3 is 2.47 bits per heavy atom. The lowest BCUT2D eigenvalue weighted by Gasteiger charge is -2.21. The van der Waals surface area contributed by atoms with E-state index in [0.29, 0.717) is 19.4 Å². The normalized spacial score (nSPS) is 31.7. The van der Waals surface area contributed by atoms with Gasteiger partial charge in [-0.15, -0.1) is 0 Å². The van der Waals surface area contributed by atoms with Crippen molar-refractivity contribution in [3.8, 4) is 0 Å². The maximum atomic E-state index is 11.7. The van der Waals surface area contributed by atoms with Crippen LogP contribution in [0.4, 0.5) is 0 Å². The van der Waals surface area contributed by atoms with Gasteiger partial charge in [0.25, 0.3) is 0 Å². The summed E-state index contributed by atoms with van der Waals surface area (Å²) in [7, 11) is 0. The molecule has 3 unspecified atom stereocenters. The summed E-state index contributed by atoms with van der Waals surface area (Å²) in [6.07, 6.45) is 0.677. The van der Waals surface area contributed by atoms with Crippen LogP contribution in [0, 0.1) is 11.8 Å². The van der Waals surface area contributed by atoms with Crippen LogP contribution in [0.3, 0.4) is 0 Å². The van der Waals surface area contributed by atoms with Gasteiger partial charge in [0.1, 0.15) is 5.60 Å². The number of carbonyl (C=O) groups excluding carboxylic acids is 1. The van der Waals surface area contributed by atoms with Crippen molar-refractivity contribution in [3.63, 3.8) is 0 Å². The molecule has 0 radical (unpaired) electrons. The van der Waals surface area contributed by atoms with Gasteiger partial charge < -0.3 is 15.6 Å². The van der Waals surface area contributed by atoms with E-state index in [1.807, 2.05) is 20.8 Å². The molecule has 1 aliphatic rings. The summed E-state index contributed by atoms with van der Waals surface area (Å²) in [5.41, 5.74) is 5.05. The molecule has 0 aromatic carbocycles. The second-order valence-electron chi connectivity index (χ2n) is 5.26. The summed E-state index contributed by atoms with van der Waals surface area (Å²) in [4.78, 5) is 11.7. The van der Waals surface area contributed by atoms with Gasteiger partial charge in [-0.1, -0.05) is 0 Å². The average Bonchev–Trinajstić information content (AvgIpc) is 2.43. The first kappa shape index (κ1) is 12.5. The zero-order valence-electron chi connectivity index (χ0n) is 9.69. The second-order valence-corrected chi connectivity index (χ2v) is 5.26. The number of rotatable bonds is 2. The van der Waals surface area contributed by atoms with Gasteiger partial charge in [-0.05, 0) is 46.1 Å². The van der Waals surface area contributed by atoms with Crippen molar-refractivity contribution in [2.45, 2.75) is 45.3 Å². The number of carbonyl (C=O) groups is 1. The van der Waals surface area contributed by atoms with E-state index in [9.17, 15) is 9.90 Å². The van der Waals surface area contributed by atoms with E-state index in [1.165, 1.54) is 0 Å². The van der Waals surface area contributed by atoms with Crippen LogP contribution >= 0.6 is 0 Å². The van der Waals surface area contributed by atoms with E-state index in [2.05, 4.69) is 0 Å². The quantitative estimate of drug-likeness (QED) is 0.664. The monoisotopic (exact) mass is 215 g/mol. The van der Waals surface area contributed by atoms with E-state index in [0.717, 1.165) is 0 Å². The molecule has 0 heterocycles. The molecular formula is C11H21NO3. The molecule has 1 rings (SSSR count). The summed E-state index contributed by atoms with van der Waals surface area (Å²) in [5.74, 6) is -0.354. The summed E-state index contributed by atoms with van der Waals surface area (Å²) in [6.45, 7) is 5.96. The smallest absolute Gasteiger partial charge is 0.309 e. The highest BCUT2D eigenvalue weighted by Crippen LogP contribution is 2.32.